The van der Waals surface area contributed by atoms with Gasteiger partial charge in [0.15, 0.2) is 0 Å². The molecule has 3 aromatic rings. The standard InChI is InChI=1S/C24H28N4O2/c1-18-9-10-22-19(15-18)16-20(23(29)26-22)17-28(14-13-27-11-5-6-12-27)24(30)25-21-7-3-2-4-8-21/h2-4,7-10,15-16H,5-6,11-14,17H2,1H3,(H,25,30)(H,26,29). The van der Waals surface area contributed by atoms with Crippen LogP contribution in [0.1, 0.15) is 24.0 Å². The number of amides is 2. The lowest BCUT2D eigenvalue weighted by Crippen LogP contribution is -2.41. The number of aryl methyl sites for hydroxylation is 1. The Hall–Kier alpha value is -3.12. The van der Waals surface area contributed by atoms with Gasteiger partial charge in [-0.2, -0.15) is 0 Å². The Labute approximate surface area is 176 Å². The summed E-state index contributed by atoms with van der Waals surface area (Å²) in [5.74, 6) is 0. The Morgan fingerprint density at radius 3 is 2.63 bits per heavy atom. The van der Waals surface area contributed by atoms with Crippen LogP contribution in [-0.4, -0.2) is 47.0 Å². The summed E-state index contributed by atoms with van der Waals surface area (Å²) in [5.41, 5.74) is 3.14. The number of H-pyrrole nitrogens is 1. The van der Waals surface area contributed by atoms with Crippen LogP contribution in [-0.2, 0) is 6.54 Å². The number of benzene rings is 2. The SMILES string of the molecule is Cc1ccc2[nH]c(=O)c(CN(CCN3CCCC3)C(=O)Nc3ccccc3)cc2c1. The second kappa shape index (κ2) is 9.13. The smallest absolute Gasteiger partial charge is 0.322 e. The van der Waals surface area contributed by atoms with E-state index in [2.05, 4.69) is 15.2 Å². The summed E-state index contributed by atoms with van der Waals surface area (Å²) >= 11 is 0. The van der Waals surface area contributed by atoms with Crippen LogP contribution in [0.15, 0.2) is 59.4 Å². The molecular formula is C24H28N4O2. The number of hydrogen-bond acceptors (Lipinski definition) is 3. The highest BCUT2D eigenvalue weighted by molar-refractivity contribution is 5.89. The number of urea groups is 1. The molecule has 0 spiro atoms. The number of rotatable bonds is 6. The minimum Gasteiger partial charge on any atom is -0.322 e. The number of nitrogens with zero attached hydrogens (tertiary/aromatic N) is 2. The van der Waals surface area contributed by atoms with Gasteiger partial charge in [0.2, 0.25) is 0 Å². The van der Waals surface area contributed by atoms with Crippen molar-refractivity contribution in [2.45, 2.75) is 26.3 Å². The van der Waals surface area contributed by atoms with E-state index in [1.54, 1.807) is 4.90 Å². The highest BCUT2D eigenvalue weighted by Gasteiger charge is 2.19. The van der Waals surface area contributed by atoms with Crippen molar-refractivity contribution in [3.63, 3.8) is 0 Å². The number of carbonyl (C=O) groups excluding carboxylic acids is 1. The molecular weight excluding hydrogens is 376 g/mol. The Morgan fingerprint density at radius 2 is 1.87 bits per heavy atom. The summed E-state index contributed by atoms with van der Waals surface area (Å²) in [6, 6.07) is 17.1. The molecule has 0 radical (unpaired) electrons. The molecule has 1 aliphatic heterocycles. The summed E-state index contributed by atoms with van der Waals surface area (Å²) in [5, 5.41) is 3.94. The van der Waals surface area contributed by atoms with E-state index in [0.717, 1.165) is 41.8 Å². The average Bonchev–Trinajstić information content (AvgIpc) is 3.26. The van der Waals surface area contributed by atoms with E-state index in [4.69, 9.17) is 0 Å². The molecule has 1 fully saturated rings. The average molecular weight is 405 g/mol. The van der Waals surface area contributed by atoms with Crippen molar-refractivity contribution < 1.29 is 4.79 Å². The van der Waals surface area contributed by atoms with E-state index < -0.39 is 0 Å². The summed E-state index contributed by atoms with van der Waals surface area (Å²) in [6.45, 7) is 5.83. The summed E-state index contributed by atoms with van der Waals surface area (Å²) in [6.07, 6.45) is 2.42. The minimum atomic E-state index is -0.191. The second-order valence-corrected chi connectivity index (χ2v) is 7.98. The molecule has 0 saturated carbocycles. The fourth-order valence-electron chi connectivity index (χ4n) is 3.94. The van der Waals surface area contributed by atoms with Crippen LogP contribution in [0.3, 0.4) is 0 Å². The predicted molar refractivity (Wildman–Crippen MR) is 121 cm³/mol. The quantitative estimate of drug-likeness (QED) is 0.653. The normalized spacial score (nSPS) is 14.2. The molecule has 4 rings (SSSR count). The number of para-hydroxylation sites is 1. The van der Waals surface area contributed by atoms with E-state index in [9.17, 15) is 9.59 Å². The molecule has 6 heteroatoms. The summed E-state index contributed by atoms with van der Waals surface area (Å²) < 4.78 is 0. The van der Waals surface area contributed by atoms with Gasteiger partial charge in [-0.25, -0.2) is 4.79 Å². The number of nitrogens with one attached hydrogen (secondary N) is 2. The van der Waals surface area contributed by atoms with E-state index in [1.807, 2.05) is 61.5 Å². The lowest BCUT2D eigenvalue weighted by molar-refractivity contribution is 0.197. The molecule has 1 aromatic heterocycles. The van der Waals surface area contributed by atoms with E-state index in [0.29, 0.717) is 12.1 Å². The number of anilines is 1. The lowest BCUT2D eigenvalue weighted by atomic mass is 10.1. The van der Waals surface area contributed by atoms with Crippen molar-refractivity contribution in [1.82, 2.24) is 14.8 Å². The Kier molecular flexibility index (Phi) is 6.14. The number of aromatic nitrogens is 1. The third-order valence-corrected chi connectivity index (χ3v) is 5.63. The molecule has 6 nitrogen and oxygen atoms in total. The Balaban J connectivity index is 1.56. The van der Waals surface area contributed by atoms with Gasteiger partial charge in [0.1, 0.15) is 0 Å². The summed E-state index contributed by atoms with van der Waals surface area (Å²) in [4.78, 5) is 32.8. The van der Waals surface area contributed by atoms with Crippen LogP contribution in [0.5, 0.6) is 0 Å². The van der Waals surface area contributed by atoms with Gasteiger partial charge in [0, 0.05) is 29.9 Å². The van der Waals surface area contributed by atoms with Crippen LogP contribution in [0.25, 0.3) is 10.9 Å². The molecule has 156 valence electrons. The van der Waals surface area contributed by atoms with Crippen LogP contribution >= 0.6 is 0 Å². The topological polar surface area (TPSA) is 68.4 Å². The molecule has 0 atom stereocenters. The number of fused-ring (bicyclic) bond motifs is 1. The second-order valence-electron chi connectivity index (χ2n) is 7.98. The number of likely N-dealkylation sites (tertiary alicyclic amines) is 1. The van der Waals surface area contributed by atoms with Crippen molar-refractivity contribution in [1.29, 1.82) is 0 Å². The third kappa shape index (κ3) is 4.89. The molecule has 0 bridgehead atoms. The van der Waals surface area contributed by atoms with Crippen LogP contribution in [0.2, 0.25) is 0 Å². The van der Waals surface area contributed by atoms with Gasteiger partial charge in [0.05, 0.1) is 6.54 Å². The van der Waals surface area contributed by atoms with Crippen molar-refractivity contribution in [3.8, 4) is 0 Å². The Morgan fingerprint density at radius 1 is 1.10 bits per heavy atom. The van der Waals surface area contributed by atoms with Crippen molar-refractivity contribution in [3.05, 3.63) is 76.1 Å². The predicted octanol–water partition coefficient (Wildman–Crippen LogP) is 3.97. The highest BCUT2D eigenvalue weighted by atomic mass is 16.2. The van der Waals surface area contributed by atoms with Gasteiger partial charge in [-0.05, 0) is 68.6 Å². The molecule has 1 aliphatic rings. The molecule has 2 amide bonds. The zero-order valence-corrected chi connectivity index (χ0v) is 17.4. The van der Waals surface area contributed by atoms with Crippen LogP contribution < -0.4 is 10.9 Å². The maximum absolute atomic E-state index is 13.0. The van der Waals surface area contributed by atoms with Crippen molar-refractivity contribution in [2.75, 3.05) is 31.5 Å². The number of hydrogen-bond donors (Lipinski definition) is 2. The largest absolute Gasteiger partial charge is 0.322 e. The first-order valence-electron chi connectivity index (χ1n) is 10.5. The maximum Gasteiger partial charge on any atom is 0.322 e. The number of aromatic amines is 1. The lowest BCUT2D eigenvalue weighted by Gasteiger charge is -2.25. The molecule has 2 N–H and O–H groups in total. The number of carbonyl (C=O) groups is 1. The highest BCUT2D eigenvalue weighted by Crippen LogP contribution is 2.15. The number of pyridine rings is 1. The monoisotopic (exact) mass is 404 g/mol. The van der Waals surface area contributed by atoms with Gasteiger partial charge in [-0.3, -0.25) is 4.79 Å². The first-order chi connectivity index (χ1) is 14.6. The zero-order chi connectivity index (χ0) is 20.9. The first kappa shape index (κ1) is 20.2. The molecule has 1 saturated heterocycles. The van der Waals surface area contributed by atoms with Gasteiger partial charge >= 0.3 is 6.03 Å². The molecule has 0 unspecified atom stereocenters. The van der Waals surface area contributed by atoms with Crippen LogP contribution in [0.4, 0.5) is 10.5 Å². The van der Waals surface area contributed by atoms with E-state index in [1.165, 1.54) is 12.8 Å². The fourth-order valence-corrected chi connectivity index (χ4v) is 3.94. The van der Waals surface area contributed by atoms with Gasteiger partial charge < -0.3 is 20.1 Å². The van der Waals surface area contributed by atoms with Gasteiger partial charge in [0.25, 0.3) is 5.56 Å². The first-order valence-corrected chi connectivity index (χ1v) is 10.5. The van der Waals surface area contributed by atoms with E-state index >= 15 is 0 Å². The van der Waals surface area contributed by atoms with Gasteiger partial charge in [-0.15, -0.1) is 0 Å². The fraction of sp³-hybridized carbons (Fsp3) is 0.333. The third-order valence-electron chi connectivity index (χ3n) is 5.63. The molecule has 0 aliphatic carbocycles. The molecule has 30 heavy (non-hydrogen) atoms. The molecule has 2 heterocycles. The maximum atomic E-state index is 13.0. The minimum absolute atomic E-state index is 0.148. The van der Waals surface area contributed by atoms with E-state index in [-0.39, 0.29) is 18.1 Å². The van der Waals surface area contributed by atoms with Crippen molar-refractivity contribution >= 4 is 22.6 Å². The van der Waals surface area contributed by atoms with Gasteiger partial charge in [-0.1, -0.05) is 29.8 Å². The van der Waals surface area contributed by atoms with Crippen LogP contribution in [0, 0.1) is 6.92 Å². The zero-order valence-electron chi connectivity index (χ0n) is 17.4. The Bertz CT molecular complexity index is 1070. The molecule has 2 aromatic carbocycles. The van der Waals surface area contributed by atoms with Crippen molar-refractivity contribution in [2.24, 2.45) is 0 Å². The summed E-state index contributed by atoms with van der Waals surface area (Å²) in [7, 11) is 0.